The molecule has 0 heterocycles. The average Bonchev–Trinajstić information content (AvgIpc) is 2.37. The first-order valence-electron chi connectivity index (χ1n) is 8.16. The van der Waals surface area contributed by atoms with Crippen LogP contribution in [-0.4, -0.2) is 21.9 Å². The molecule has 2 heteroatoms. The van der Waals surface area contributed by atoms with E-state index in [-0.39, 0.29) is 6.42 Å². The van der Waals surface area contributed by atoms with Crippen molar-refractivity contribution in [1.29, 1.82) is 0 Å². The zero-order valence-corrected chi connectivity index (χ0v) is 15.0. The third-order valence-corrected chi connectivity index (χ3v) is 3.66. The quantitative estimate of drug-likeness (QED) is 0.552. The standard InChI is InChI=1S/C20H34O2/c1-7-20(6,22)15-19(21)14-18(5)13-9-12-17(4)11-8-10-16(2)3/h7,10,12,14,19,21-22H,1,8-9,11,13,15H2,2-6H3. The lowest BCUT2D eigenvalue weighted by atomic mass is 9.97. The molecule has 0 amide bonds. The van der Waals surface area contributed by atoms with E-state index in [1.807, 2.05) is 13.0 Å². The molecule has 0 saturated carbocycles. The molecule has 2 atom stereocenters. The Labute approximate surface area is 137 Å². The van der Waals surface area contributed by atoms with Crippen molar-refractivity contribution in [3.8, 4) is 0 Å². The highest BCUT2D eigenvalue weighted by Crippen LogP contribution is 2.17. The minimum atomic E-state index is -1.02. The van der Waals surface area contributed by atoms with Crippen LogP contribution in [0.2, 0.25) is 0 Å². The van der Waals surface area contributed by atoms with Crippen LogP contribution in [0, 0.1) is 0 Å². The molecule has 0 radical (unpaired) electrons. The number of allylic oxidation sites excluding steroid dienone is 5. The second kappa shape index (κ2) is 10.6. The van der Waals surface area contributed by atoms with E-state index in [0.717, 1.165) is 31.3 Å². The average molecular weight is 306 g/mol. The molecule has 0 spiro atoms. The van der Waals surface area contributed by atoms with Crippen LogP contribution >= 0.6 is 0 Å². The monoisotopic (exact) mass is 306 g/mol. The lowest BCUT2D eigenvalue weighted by Crippen LogP contribution is -2.26. The fourth-order valence-electron chi connectivity index (χ4n) is 2.21. The van der Waals surface area contributed by atoms with Crippen LogP contribution < -0.4 is 0 Å². The summed E-state index contributed by atoms with van der Waals surface area (Å²) in [5.41, 5.74) is 2.93. The van der Waals surface area contributed by atoms with Crippen LogP contribution in [0.15, 0.2) is 47.6 Å². The third kappa shape index (κ3) is 11.5. The number of rotatable bonds is 10. The maximum Gasteiger partial charge on any atom is 0.0824 e. The van der Waals surface area contributed by atoms with Crippen LogP contribution in [0.25, 0.3) is 0 Å². The van der Waals surface area contributed by atoms with Crippen molar-refractivity contribution in [2.24, 2.45) is 0 Å². The van der Waals surface area contributed by atoms with Gasteiger partial charge in [-0.2, -0.15) is 0 Å². The second-order valence-corrected chi connectivity index (χ2v) is 6.76. The third-order valence-electron chi connectivity index (χ3n) is 3.66. The summed E-state index contributed by atoms with van der Waals surface area (Å²) in [4.78, 5) is 0. The summed E-state index contributed by atoms with van der Waals surface area (Å²) in [6, 6.07) is 0. The minimum Gasteiger partial charge on any atom is -0.389 e. The van der Waals surface area contributed by atoms with Crippen molar-refractivity contribution in [3.05, 3.63) is 47.6 Å². The van der Waals surface area contributed by atoms with Gasteiger partial charge in [-0.1, -0.05) is 41.0 Å². The van der Waals surface area contributed by atoms with Crippen LogP contribution in [0.4, 0.5) is 0 Å². The normalized spacial score (nSPS) is 16.9. The van der Waals surface area contributed by atoms with E-state index in [9.17, 15) is 10.2 Å². The summed E-state index contributed by atoms with van der Waals surface area (Å²) in [6.45, 7) is 13.7. The Bertz CT molecular complexity index is 421. The van der Waals surface area contributed by atoms with E-state index in [4.69, 9.17) is 0 Å². The summed E-state index contributed by atoms with van der Waals surface area (Å²) in [5.74, 6) is 0. The van der Waals surface area contributed by atoms with Crippen molar-refractivity contribution in [3.63, 3.8) is 0 Å². The molecule has 0 saturated heterocycles. The van der Waals surface area contributed by atoms with Gasteiger partial charge in [0.2, 0.25) is 0 Å². The SMILES string of the molecule is C=CC(C)(O)CC(O)C=C(C)CCC=C(C)CCC=C(C)C. The molecular formula is C20H34O2. The largest absolute Gasteiger partial charge is 0.389 e. The Balaban J connectivity index is 4.21. The Morgan fingerprint density at radius 2 is 1.59 bits per heavy atom. The fourth-order valence-corrected chi connectivity index (χ4v) is 2.21. The molecule has 2 unspecified atom stereocenters. The van der Waals surface area contributed by atoms with Crippen molar-refractivity contribution < 1.29 is 10.2 Å². The number of hydrogen-bond donors (Lipinski definition) is 2. The van der Waals surface area contributed by atoms with Gasteiger partial charge < -0.3 is 10.2 Å². The molecule has 0 bridgehead atoms. The van der Waals surface area contributed by atoms with Gasteiger partial charge >= 0.3 is 0 Å². The Kier molecular flexibility index (Phi) is 10.0. The molecule has 0 aliphatic carbocycles. The lowest BCUT2D eigenvalue weighted by molar-refractivity contribution is 0.0574. The van der Waals surface area contributed by atoms with Crippen LogP contribution in [0.3, 0.4) is 0 Å². The van der Waals surface area contributed by atoms with Crippen LogP contribution in [0.5, 0.6) is 0 Å². The molecule has 0 aromatic carbocycles. The van der Waals surface area contributed by atoms with Crippen molar-refractivity contribution in [2.75, 3.05) is 0 Å². The fraction of sp³-hybridized carbons (Fsp3) is 0.600. The topological polar surface area (TPSA) is 40.5 Å². The van der Waals surface area contributed by atoms with Gasteiger partial charge in [-0.25, -0.2) is 0 Å². The second-order valence-electron chi connectivity index (χ2n) is 6.76. The minimum absolute atomic E-state index is 0.283. The van der Waals surface area contributed by atoms with Crippen molar-refractivity contribution in [1.82, 2.24) is 0 Å². The number of aliphatic hydroxyl groups excluding tert-OH is 1. The first-order valence-corrected chi connectivity index (χ1v) is 8.16. The molecule has 0 aliphatic heterocycles. The highest BCUT2D eigenvalue weighted by Gasteiger charge is 2.19. The first-order chi connectivity index (χ1) is 10.2. The van der Waals surface area contributed by atoms with E-state index < -0.39 is 11.7 Å². The van der Waals surface area contributed by atoms with Gasteiger partial charge in [0.05, 0.1) is 11.7 Å². The van der Waals surface area contributed by atoms with Gasteiger partial charge in [-0.05, 0) is 60.3 Å². The number of aliphatic hydroxyl groups is 2. The van der Waals surface area contributed by atoms with Gasteiger partial charge in [0.25, 0.3) is 0 Å². The van der Waals surface area contributed by atoms with Crippen LogP contribution in [-0.2, 0) is 0 Å². The lowest BCUT2D eigenvalue weighted by Gasteiger charge is -2.20. The van der Waals surface area contributed by atoms with Gasteiger partial charge in [-0.15, -0.1) is 6.58 Å². The van der Waals surface area contributed by atoms with Crippen molar-refractivity contribution >= 4 is 0 Å². The number of hydrogen-bond acceptors (Lipinski definition) is 2. The summed E-state index contributed by atoms with van der Waals surface area (Å²) in [7, 11) is 0. The maximum atomic E-state index is 9.96. The molecule has 126 valence electrons. The van der Waals surface area contributed by atoms with E-state index in [2.05, 4.69) is 39.5 Å². The van der Waals surface area contributed by atoms with Gasteiger partial charge in [0.15, 0.2) is 0 Å². The molecule has 2 N–H and O–H groups in total. The Morgan fingerprint density at radius 1 is 1.05 bits per heavy atom. The first kappa shape index (κ1) is 20.9. The van der Waals surface area contributed by atoms with Crippen molar-refractivity contribution in [2.45, 2.75) is 78.4 Å². The van der Waals surface area contributed by atoms with E-state index in [0.29, 0.717) is 0 Å². The zero-order valence-electron chi connectivity index (χ0n) is 15.0. The molecule has 22 heavy (non-hydrogen) atoms. The molecule has 0 aliphatic rings. The Morgan fingerprint density at radius 3 is 2.14 bits per heavy atom. The molecule has 2 nitrogen and oxygen atoms in total. The van der Waals surface area contributed by atoms with Gasteiger partial charge in [0.1, 0.15) is 0 Å². The molecular weight excluding hydrogens is 272 g/mol. The Hall–Kier alpha value is -1.12. The van der Waals surface area contributed by atoms with E-state index in [1.165, 1.54) is 17.2 Å². The zero-order chi connectivity index (χ0) is 17.2. The highest BCUT2D eigenvalue weighted by atomic mass is 16.3. The predicted octanol–water partition coefficient (Wildman–Crippen LogP) is 5.09. The summed E-state index contributed by atoms with van der Waals surface area (Å²) in [5, 5.41) is 19.8. The maximum absolute atomic E-state index is 9.96. The van der Waals surface area contributed by atoms with Gasteiger partial charge in [-0.3, -0.25) is 0 Å². The molecule has 0 fully saturated rings. The molecule has 0 rings (SSSR count). The highest BCUT2D eigenvalue weighted by molar-refractivity contribution is 5.08. The smallest absolute Gasteiger partial charge is 0.0824 e. The summed E-state index contributed by atoms with van der Waals surface area (Å²) >= 11 is 0. The molecule has 0 aromatic heterocycles. The summed E-state index contributed by atoms with van der Waals surface area (Å²) in [6.07, 6.45) is 11.7. The van der Waals surface area contributed by atoms with E-state index >= 15 is 0 Å². The van der Waals surface area contributed by atoms with Gasteiger partial charge in [0, 0.05) is 6.42 Å². The molecule has 0 aromatic rings. The van der Waals surface area contributed by atoms with E-state index in [1.54, 1.807) is 6.92 Å². The summed E-state index contributed by atoms with van der Waals surface area (Å²) < 4.78 is 0. The predicted molar refractivity (Wildman–Crippen MR) is 96.9 cm³/mol. The van der Waals surface area contributed by atoms with Crippen LogP contribution in [0.1, 0.15) is 66.7 Å².